The maximum absolute atomic E-state index is 12.6. The first-order chi connectivity index (χ1) is 13.4. The molecule has 0 unspecified atom stereocenters. The Balaban J connectivity index is 1.91. The van der Waals surface area contributed by atoms with Crippen LogP contribution in [0.4, 0.5) is 11.4 Å². The predicted octanol–water partition coefficient (Wildman–Crippen LogP) is 1.79. The van der Waals surface area contributed by atoms with Crippen molar-refractivity contribution in [2.24, 2.45) is 0 Å². The van der Waals surface area contributed by atoms with Gasteiger partial charge in [-0.05, 0) is 18.2 Å². The molecule has 142 valence electrons. The van der Waals surface area contributed by atoms with E-state index in [1.807, 2.05) is 0 Å². The molecule has 2 N–H and O–H groups in total. The number of nitro benzene ring substituents is 1. The molecule has 2 heterocycles. The van der Waals surface area contributed by atoms with E-state index in [0.29, 0.717) is 5.69 Å². The van der Waals surface area contributed by atoms with Crippen molar-refractivity contribution in [2.45, 2.75) is 6.54 Å². The topological polar surface area (TPSA) is 140 Å². The highest BCUT2D eigenvalue weighted by Gasteiger charge is 2.17. The maximum atomic E-state index is 12.6. The first-order valence-corrected chi connectivity index (χ1v) is 8.22. The number of rotatable bonds is 5. The molecule has 0 aliphatic rings. The van der Waals surface area contributed by atoms with Crippen molar-refractivity contribution in [2.75, 3.05) is 5.32 Å². The zero-order valence-electron chi connectivity index (χ0n) is 14.1. The molecule has 3 rings (SSSR count). The van der Waals surface area contributed by atoms with Crippen molar-refractivity contribution in [1.82, 2.24) is 14.5 Å². The molecule has 0 saturated heterocycles. The number of nitrogens with one attached hydrogen (secondary N) is 2. The van der Waals surface area contributed by atoms with Crippen molar-refractivity contribution in [3.8, 4) is 0 Å². The van der Waals surface area contributed by atoms with Gasteiger partial charge in [0.2, 0.25) is 0 Å². The number of carbonyl (C=O) groups excluding carboxylic acids is 1. The van der Waals surface area contributed by atoms with E-state index in [0.717, 1.165) is 22.9 Å². The third-order valence-corrected chi connectivity index (χ3v) is 4.08. The molecule has 28 heavy (non-hydrogen) atoms. The van der Waals surface area contributed by atoms with Crippen LogP contribution in [0.25, 0.3) is 0 Å². The average molecular weight is 402 g/mol. The number of nitrogens with zero attached hydrogens (tertiary/aromatic N) is 3. The minimum Gasteiger partial charge on any atom is -0.320 e. The van der Waals surface area contributed by atoms with Crippen LogP contribution in [0.3, 0.4) is 0 Å². The summed E-state index contributed by atoms with van der Waals surface area (Å²) < 4.78 is 0.842. The molecule has 3 aromatic rings. The van der Waals surface area contributed by atoms with Crippen LogP contribution in [-0.2, 0) is 6.54 Å². The Hall–Kier alpha value is -3.79. The van der Waals surface area contributed by atoms with Crippen LogP contribution in [0, 0.1) is 10.1 Å². The summed E-state index contributed by atoms with van der Waals surface area (Å²) in [5, 5.41) is 13.1. The molecule has 10 nitrogen and oxygen atoms in total. The van der Waals surface area contributed by atoms with E-state index in [4.69, 9.17) is 11.6 Å². The molecule has 1 amide bonds. The number of aromatic amines is 1. The lowest BCUT2D eigenvalue weighted by Gasteiger charge is -2.09. The van der Waals surface area contributed by atoms with Crippen molar-refractivity contribution in [3.05, 3.63) is 96.0 Å². The summed E-state index contributed by atoms with van der Waals surface area (Å²) in [7, 11) is 0. The van der Waals surface area contributed by atoms with Gasteiger partial charge >= 0.3 is 5.69 Å². The number of hydrogen-bond acceptors (Lipinski definition) is 6. The molecule has 11 heteroatoms. The number of carbonyl (C=O) groups is 1. The van der Waals surface area contributed by atoms with Gasteiger partial charge in [-0.25, -0.2) is 4.79 Å². The van der Waals surface area contributed by atoms with E-state index < -0.39 is 22.1 Å². The van der Waals surface area contributed by atoms with Crippen LogP contribution in [0.1, 0.15) is 16.1 Å². The first kappa shape index (κ1) is 19.0. The Labute approximate surface area is 161 Å². The smallest absolute Gasteiger partial charge is 0.320 e. The van der Waals surface area contributed by atoms with Gasteiger partial charge < -0.3 is 10.3 Å². The molecule has 0 atom stereocenters. The number of aromatic nitrogens is 3. The number of halogens is 1. The summed E-state index contributed by atoms with van der Waals surface area (Å²) in [5.74, 6) is -0.827. The molecule has 2 aromatic heterocycles. The van der Waals surface area contributed by atoms with Gasteiger partial charge in [0, 0.05) is 24.5 Å². The number of anilines is 1. The largest absolute Gasteiger partial charge is 0.328 e. The second kappa shape index (κ2) is 7.84. The minimum absolute atomic E-state index is 0.0687. The fourth-order valence-corrected chi connectivity index (χ4v) is 2.60. The highest BCUT2D eigenvalue weighted by molar-refractivity contribution is 6.34. The predicted molar refractivity (Wildman–Crippen MR) is 101 cm³/mol. The maximum Gasteiger partial charge on any atom is 0.328 e. The van der Waals surface area contributed by atoms with Crippen LogP contribution < -0.4 is 16.6 Å². The summed E-state index contributed by atoms with van der Waals surface area (Å²) in [6.45, 7) is -0.117. The van der Waals surface area contributed by atoms with Gasteiger partial charge in [0.25, 0.3) is 17.2 Å². The number of non-ortho nitro benzene ring substituents is 1. The van der Waals surface area contributed by atoms with Crippen LogP contribution in [0.2, 0.25) is 5.02 Å². The summed E-state index contributed by atoms with van der Waals surface area (Å²) in [4.78, 5) is 53.5. The number of benzene rings is 1. The zero-order valence-corrected chi connectivity index (χ0v) is 14.8. The molecular formula is C17H12ClN5O5. The van der Waals surface area contributed by atoms with E-state index in [1.54, 1.807) is 18.2 Å². The van der Waals surface area contributed by atoms with Gasteiger partial charge in [-0.2, -0.15) is 0 Å². The summed E-state index contributed by atoms with van der Waals surface area (Å²) >= 11 is 5.94. The molecule has 0 bridgehead atoms. The van der Waals surface area contributed by atoms with Gasteiger partial charge in [0.1, 0.15) is 5.56 Å². The van der Waals surface area contributed by atoms with Crippen molar-refractivity contribution in [1.29, 1.82) is 0 Å². The van der Waals surface area contributed by atoms with Crippen molar-refractivity contribution < 1.29 is 9.72 Å². The lowest BCUT2D eigenvalue weighted by molar-refractivity contribution is -0.384. The van der Waals surface area contributed by atoms with Gasteiger partial charge in [-0.15, -0.1) is 0 Å². The molecule has 0 radical (unpaired) electrons. The second-order valence-corrected chi connectivity index (χ2v) is 6.00. The normalized spacial score (nSPS) is 10.5. The molecule has 0 spiro atoms. The molecule has 0 saturated carbocycles. The number of pyridine rings is 1. The number of amides is 1. The molecule has 0 aliphatic carbocycles. The molecule has 0 fully saturated rings. The molecule has 0 aliphatic heterocycles. The quantitative estimate of drug-likeness (QED) is 0.493. The van der Waals surface area contributed by atoms with E-state index in [1.165, 1.54) is 12.3 Å². The van der Waals surface area contributed by atoms with Crippen molar-refractivity contribution >= 4 is 28.9 Å². The number of hydrogen-bond donors (Lipinski definition) is 2. The average Bonchev–Trinajstić information content (AvgIpc) is 2.67. The zero-order chi connectivity index (χ0) is 20.3. The van der Waals surface area contributed by atoms with Crippen LogP contribution in [0.5, 0.6) is 0 Å². The second-order valence-electron chi connectivity index (χ2n) is 5.60. The summed E-state index contributed by atoms with van der Waals surface area (Å²) in [6, 6.07) is 8.51. The van der Waals surface area contributed by atoms with E-state index >= 15 is 0 Å². The lowest BCUT2D eigenvalue weighted by Crippen LogP contribution is -2.39. The monoisotopic (exact) mass is 401 g/mol. The van der Waals surface area contributed by atoms with Crippen LogP contribution in [0.15, 0.2) is 58.4 Å². The minimum atomic E-state index is -0.827. The Kier molecular flexibility index (Phi) is 5.32. The summed E-state index contributed by atoms with van der Waals surface area (Å²) in [5.41, 5.74) is -1.54. The van der Waals surface area contributed by atoms with E-state index in [2.05, 4.69) is 15.3 Å². The Bertz CT molecular complexity index is 1170. The lowest BCUT2D eigenvalue weighted by atomic mass is 10.2. The fraction of sp³-hybridized carbons (Fsp3) is 0.0588. The van der Waals surface area contributed by atoms with Gasteiger partial charge in [-0.3, -0.25) is 29.3 Å². The van der Waals surface area contributed by atoms with E-state index in [9.17, 15) is 24.5 Å². The molecular weight excluding hydrogens is 390 g/mol. The Morgan fingerprint density at radius 3 is 2.71 bits per heavy atom. The third-order valence-electron chi connectivity index (χ3n) is 3.76. The molecule has 1 aromatic carbocycles. The van der Waals surface area contributed by atoms with Crippen LogP contribution in [-0.4, -0.2) is 25.4 Å². The number of H-pyrrole nitrogens is 1. The van der Waals surface area contributed by atoms with E-state index in [-0.39, 0.29) is 28.5 Å². The van der Waals surface area contributed by atoms with Crippen molar-refractivity contribution in [3.63, 3.8) is 0 Å². The van der Waals surface area contributed by atoms with Gasteiger partial charge in [0.15, 0.2) is 0 Å². The first-order valence-electron chi connectivity index (χ1n) is 7.84. The fourth-order valence-electron chi connectivity index (χ4n) is 2.38. The van der Waals surface area contributed by atoms with Crippen LogP contribution >= 0.6 is 11.6 Å². The SMILES string of the molecule is O=C(Nc1ccc([N+](=O)[O-])cc1Cl)c1c[nH]c(=O)n(Cc2ccccn2)c1=O. The van der Waals surface area contributed by atoms with Gasteiger partial charge in [-0.1, -0.05) is 17.7 Å². The standard InChI is InChI=1S/C17H12ClN5O5/c18-13-7-11(23(27)28)4-5-14(13)21-15(24)12-8-20-17(26)22(16(12)25)9-10-3-1-2-6-19-10/h1-8H,9H2,(H,20,26)(H,21,24). The highest BCUT2D eigenvalue weighted by atomic mass is 35.5. The van der Waals surface area contributed by atoms with Gasteiger partial charge in [0.05, 0.1) is 27.9 Å². The third kappa shape index (κ3) is 3.96. The summed E-state index contributed by atoms with van der Waals surface area (Å²) in [6.07, 6.45) is 2.51. The number of nitro groups is 1. The highest BCUT2D eigenvalue weighted by Crippen LogP contribution is 2.26. The Morgan fingerprint density at radius 1 is 1.29 bits per heavy atom. The Morgan fingerprint density at radius 2 is 2.07 bits per heavy atom.